The minimum absolute atomic E-state index is 0.123. The molecule has 0 aliphatic carbocycles. The zero-order chi connectivity index (χ0) is 25.4. The van der Waals surface area contributed by atoms with Gasteiger partial charge in [-0.15, -0.1) is 5.10 Å². The topological polar surface area (TPSA) is 107 Å². The van der Waals surface area contributed by atoms with E-state index in [0.29, 0.717) is 41.4 Å². The summed E-state index contributed by atoms with van der Waals surface area (Å²) in [5, 5.41) is 9.18. The van der Waals surface area contributed by atoms with Crippen molar-refractivity contribution in [2.45, 2.75) is 43.0 Å². The van der Waals surface area contributed by atoms with Crippen molar-refractivity contribution in [2.24, 2.45) is 5.92 Å². The van der Waals surface area contributed by atoms with E-state index in [1.54, 1.807) is 49.4 Å². The van der Waals surface area contributed by atoms with Crippen LogP contribution in [0.15, 0.2) is 52.4 Å². The molecule has 3 heterocycles. The van der Waals surface area contributed by atoms with Gasteiger partial charge in [0.15, 0.2) is 5.65 Å². The fourth-order valence-electron chi connectivity index (χ4n) is 4.61. The van der Waals surface area contributed by atoms with Gasteiger partial charge in [-0.05, 0) is 62.1 Å². The molecule has 1 aliphatic rings. The van der Waals surface area contributed by atoms with Gasteiger partial charge in [0.2, 0.25) is 14.9 Å². The maximum absolute atomic E-state index is 13.5. The van der Waals surface area contributed by atoms with Crippen LogP contribution in [0, 0.1) is 5.92 Å². The van der Waals surface area contributed by atoms with Crippen molar-refractivity contribution in [3.05, 3.63) is 53.1 Å². The third-order valence-corrected chi connectivity index (χ3v) is 8.39. The fraction of sp³-hybridized carbons (Fsp3) is 0.360. The molecule has 0 unspecified atom stereocenters. The Morgan fingerprint density at radius 3 is 2.67 bits per heavy atom. The van der Waals surface area contributed by atoms with Gasteiger partial charge in [0, 0.05) is 23.5 Å². The first kappa shape index (κ1) is 24.5. The number of hydrogen-bond donors (Lipinski definition) is 0. The molecule has 1 aliphatic heterocycles. The summed E-state index contributed by atoms with van der Waals surface area (Å²) < 4.78 is 33.8. The van der Waals surface area contributed by atoms with Crippen LogP contribution in [0.3, 0.4) is 0 Å². The highest BCUT2D eigenvalue weighted by Gasteiger charge is 2.31. The Balaban J connectivity index is 1.66. The lowest BCUT2D eigenvalue weighted by molar-refractivity contribution is -0.148. The predicted molar refractivity (Wildman–Crippen MR) is 136 cm³/mol. The fourth-order valence-corrected chi connectivity index (χ4v) is 6.01. The molecule has 2 aromatic carbocycles. The van der Waals surface area contributed by atoms with Crippen molar-refractivity contribution in [3.63, 3.8) is 0 Å². The van der Waals surface area contributed by atoms with Crippen molar-refractivity contribution in [1.29, 1.82) is 0 Å². The summed E-state index contributed by atoms with van der Waals surface area (Å²) in [4.78, 5) is 19.3. The van der Waals surface area contributed by atoms with E-state index in [1.807, 2.05) is 11.8 Å². The lowest BCUT2D eigenvalue weighted by Crippen LogP contribution is -2.40. The summed E-state index contributed by atoms with van der Waals surface area (Å²) >= 11 is 6.32. The van der Waals surface area contributed by atoms with Crippen molar-refractivity contribution in [3.8, 4) is 0 Å². The van der Waals surface area contributed by atoms with Crippen LogP contribution < -0.4 is 4.90 Å². The number of anilines is 1. The molecule has 0 amide bonds. The van der Waals surface area contributed by atoms with E-state index in [4.69, 9.17) is 21.3 Å². The maximum atomic E-state index is 13.5. The number of rotatable bonds is 6. The number of fused-ring (bicyclic) bond motifs is 3. The average molecular weight is 528 g/mol. The third kappa shape index (κ3) is 4.28. The van der Waals surface area contributed by atoms with Gasteiger partial charge in [-0.3, -0.25) is 4.79 Å². The van der Waals surface area contributed by atoms with Gasteiger partial charge in [0.25, 0.3) is 0 Å². The Labute approximate surface area is 213 Å². The molecule has 2 aromatic heterocycles. The van der Waals surface area contributed by atoms with E-state index < -0.39 is 9.84 Å². The largest absolute Gasteiger partial charge is 0.466 e. The number of hydrogen-bond acceptors (Lipinski definition) is 8. The average Bonchev–Trinajstić information content (AvgIpc) is 3.33. The maximum Gasteiger partial charge on any atom is 0.310 e. The molecule has 1 fully saturated rings. The molecule has 9 nitrogen and oxygen atoms in total. The summed E-state index contributed by atoms with van der Waals surface area (Å²) in [6.45, 7) is 5.18. The number of aromatic nitrogens is 4. The Bertz CT molecular complexity index is 1550. The number of aryl methyl sites for hydroxylation is 1. The zero-order valence-electron chi connectivity index (χ0n) is 20.0. The molecule has 0 radical (unpaired) electrons. The highest BCUT2D eigenvalue weighted by Crippen LogP contribution is 2.33. The van der Waals surface area contributed by atoms with E-state index in [0.717, 1.165) is 24.8 Å². The van der Waals surface area contributed by atoms with Crippen LogP contribution >= 0.6 is 11.6 Å². The van der Waals surface area contributed by atoms with Crippen molar-refractivity contribution in [2.75, 3.05) is 24.6 Å². The SMILES string of the molecule is CCOC(=O)[C@@H]1CCCN(c2nc3c(S(=O)(=O)c4ccc(CC)cc4)nnn3c3ccc(Cl)cc23)C1. The van der Waals surface area contributed by atoms with Gasteiger partial charge in [-0.2, -0.15) is 4.52 Å². The molecular formula is C25H26ClN5O4S. The number of carbonyl (C=O) groups excluding carboxylic acids is 1. The Kier molecular flexibility index (Phi) is 6.57. The van der Waals surface area contributed by atoms with Gasteiger partial charge < -0.3 is 9.64 Å². The first-order chi connectivity index (χ1) is 17.3. The van der Waals surface area contributed by atoms with E-state index in [-0.39, 0.29) is 27.5 Å². The monoisotopic (exact) mass is 527 g/mol. The molecule has 0 N–H and O–H groups in total. The molecule has 11 heteroatoms. The Morgan fingerprint density at radius 1 is 1.17 bits per heavy atom. The summed E-state index contributed by atoms with van der Waals surface area (Å²) in [6, 6.07) is 12.0. The molecule has 0 spiro atoms. The molecule has 188 valence electrons. The van der Waals surface area contributed by atoms with Crippen LogP contribution in [-0.2, 0) is 25.8 Å². The number of ether oxygens (including phenoxy) is 1. The van der Waals surface area contributed by atoms with E-state index in [2.05, 4.69) is 10.3 Å². The quantitative estimate of drug-likeness (QED) is 0.345. The predicted octanol–water partition coefficient (Wildman–Crippen LogP) is 4.11. The lowest BCUT2D eigenvalue weighted by Gasteiger charge is -2.33. The lowest BCUT2D eigenvalue weighted by atomic mass is 9.98. The van der Waals surface area contributed by atoms with Crippen LogP contribution in [-0.4, -0.2) is 53.9 Å². The van der Waals surface area contributed by atoms with E-state index in [9.17, 15) is 13.2 Å². The summed E-state index contributed by atoms with van der Waals surface area (Å²) in [6.07, 6.45) is 2.29. The highest BCUT2D eigenvalue weighted by atomic mass is 35.5. The second-order valence-corrected chi connectivity index (χ2v) is 11.1. The number of esters is 1. The number of nitrogens with zero attached hydrogens (tertiary/aromatic N) is 5. The highest BCUT2D eigenvalue weighted by molar-refractivity contribution is 7.91. The van der Waals surface area contributed by atoms with Crippen molar-refractivity contribution < 1.29 is 17.9 Å². The molecule has 0 bridgehead atoms. The number of sulfone groups is 1. The number of halogens is 1. The van der Waals surface area contributed by atoms with Crippen molar-refractivity contribution in [1.82, 2.24) is 19.8 Å². The third-order valence-electron chi connectivity index (χ3n) is 6.49. The van der Waals surface area contributed by atoms with Crippen LogP contribution in [0.4, 0.5) is 5.82 Å². The molecular weight excluding hydrogens is 502 g/mol. The smallest absolute Gasteiger partial charge is 0.310 e. The normalized spacial score (nSPS) is 16.5. The molecule has 5 rings (SSSR count). The van der Waals surface area contributed by atoms with Gasteiger partial charge in [0.05, 0.1) is 22.9 Å². The van der Waals surface area contributed by atoms with Gasteiger partial charge in [-0.25, -0.2) is 13.4 Å². The van der Waals surface area contributed by atoms with Crippen LogP contribution in [0.5, 0.6) is 0 Å². The molecule has 0 saturated carbocycles. The number of benzene rings is 2. The molecule has 1 saturated heterocycles. The summed E-state index contributed by atoms with van der Waals surface area (Å²) in [7, 11) is -3.98. The zero-order valence-corrected chi connectivity index (χ0v) is 21.6. The molecule has 1 atom stereocenters. The van der Waals surface area contributed by atoms with Crippen molar-refractivity contribution >= 4 is 49.8 Å². The minimum Gasteiger partial charge on any atom is -0.466 e. The van der Waals surface area contributed by atoms with Gasteiger partial charge >= 0.3 is 5.97 Å². The molecule has 36 heavy (non-hydrogen) atoms. The second-order valence-electron chi connectivity index (χ2n) is 8.77. The Hall–Kier alpha value is -3.24. The summed E-state index contributed by atoms with van der Waals surface area (Å²) in [5.74, 6) is -0.00112. The van der Waals surface area contributed by atoms with Crippen LogP contribution in [0.25, 0.3) is 16.6 Å². The van der Waals surface area contributed by atoms with Gasteiger partial charge in [-0.1, -0.05) is 35.9 Å². The molecule has 4 aromatic rings. The van der Waals surface area contributed by atoms with E-state index in [1.165, 1.54) is 4.52 Å². The van der Waals surface area contributed by atoms with E-state index >= 15 is 0 Å². The summed E-state index contributed by atoms with van der Waals surface area (Å²) in [5.41, 5.74) is 1.77. The first-order valence-electron chi connectivity index (χ1n) is 11.9. The standard InChI is InChI=1S/C25H26ClN5O4S/c1-3-16-7-10-19(11-8-16)36(33,34)24-23-27-22(30-13-5-6-17(15-30)25(32)35-4-2)20-14-18(26)9-12-21(20)31(23)29-28-24/h7-12,14,17H,3-6,13,15H2,1-2H3/t17-/m1/s1. The second kappa shape index (κ2) is 9.67. The first-order valence-corrected chi connectivity index (χ1v) is 13.8. The number of carbonyl (C=O) groups is 1. The number of piperidine rings is 1. The van der Waals surface area contributed by atoms with Crippen LogP contribution in [0.2, 0.25) is 5.02 Å². The Morgan fingerprint density at radius 2 is 1.94 bits per heavy atom. The van der Waals surface area contributed by atoms with Gasteiger partial charge in [0.1, 0.15) is 5.82 Å². The van der Waals surface area contributed by atoms with Crippen LogP contribution in [0.1, 0.15) is 32.3 Å². The minimum atomic E-state index is -3.98.